The van der Waals surface area contributed by atoms with Crippen LogP contribution in [0, 0.1) is 5.92 Å². The second-order valence-corrected chi connectivity index (χ2v) is 3.97. The van der Waals surface area contributed by atoms with Crippen LogP contribution in [0.15, 0.2) is 0 Å². The number of rotatable bonds is 9. The summed E-state index contributed by atoms with van der Waals surface area (Å²) in [6, 6.07) is -0.488. The fourth-order valence-corrected chi connectivity index (χ4v) is 1.07. The highest BCUT2D eigenvalue weighted by molar-refractivity contribution is 5.78. The highest BCUT2D eigenvalue weighted by Crippen LogP contribution is 1.90. The van der Waals surface area contributed by atoms with Crippen LogP contribution in [0.4, 0.5) is 4.79 Å². The van der Waals surface area contributed by atoms with Gasteiger partial charge in [-0.2, -0.15) is 0 Å². The predicted octanol–water partition coefficient (Wildman–Crippen LogP) is -0.841. The first-order valence-corrected chi connectivity index (χ1v) is 5.97. The molecular formula is C11H21N3O5. The largest absolute Gasteiger partial charge is 0.481 e. The van der Waals surface area contributed by atoms with E-state index in [1.807, 2.05) is 0 Å². The van der Waals surface area contributed by atoms with E-state index in [0.717, 1.165) is 0 Å². The highest BCUT2D eigenvalue weighted by atomic mass is 16.5. The maximum atomic E-state index is 11.2. The molecular weight excluding hydrogens is 254 g/mol. The van der Waals surface area contributed by atoms with E-state index in [1.54, 1.807) is 0 Å². The zero-order valence-electron chi connectivity index (χ0n) is 11.2. The van der Waals surface area contributed by atoms with E-state index in [1.165, 1.54) is 14.0 Å². The number of aliphatic carboxylic acids is 1. The molecule has 0 aliphatic heterocycles. The second kappa shape index (κ2) is 10.1. The summed E-state index contributed by atoms with van der Waals surface area (Å²) in [5.74, 6) is -1.81. The third-order valence-corrected chi connectivity index (χ3v) is 2.26. The number of amides is 3. The zero-order valence-corrected chi connectivity index (χ0v) is 11.2. The number of carboxylic acids is 1. The van der Waals surface area contributed by atoms with Gasteiger partial charge in [0, 0.05) is 33.2 Å². The number of hydrogen-bond acceptors (Lipinski definition) is 4. The van der Waals surface area contributed by atoms with Crippen molar-refractivity contribution in [3.63, 3.8) is 0 Å². The van der Waals surface area contributed by atoms with E-state index in [4.69, 9.17) is 9.84 Å². The number of ether oxygens (including phenoxy) is 1. The van der Waals surface area contributed by atoms with Gasteiger partial charge in [0.15, 0.2) is 0 Å². The standard InChI is InChI=1S/C11H21N3O5/c1-8(10(16)17)7-14-11(18)13-4-3-9(15)12-5-6-19-2/h8H,3-7H2,1-2H3,(H,12,15)(H,16,17)(H2,13,14,18). The predicted molar refractivity (Wildman–Crippen MR) is 67.7 cm³/mol. The molecule has 0 aromatic heterocycles. The molecule has 0 heterocycles. The van der Waals surface area contributed by atoms with Crippen LogP contribution >= 0.6 is 0 Å². The number of carboxylic acid groups (broad SMARTS) is 1. The van der Waals surface area contributed by atoms with Gasteiger partial charge in [-0.3, -0.25) is 9.59 Å². The molecule has 0 rings (SSSR count). The van der Waals surface area contributed by atoms with Crippen molar-refractivity contribution in [1.29, 1.82) is 0 Å². The zero-order chi connectivity index (χ0) is 14.7. The van der Waals surface area contributed by atoms with Crippen molar-refractivity contribution in [1.82, 2.24) is 16.0 Å². The third-order valence-electron chi connectivity index (χ3n) is 2.26. The Morgan fingerprint density at radius 2 is 1.84 bits per heavy atom. The second-order valence-electron chi connectivity index (χ2n) is 3.97. The van der Waals surface area contributed by atoms with Gasteiger partial charge in [0.2, 0.25) is 5.91 Å². The first-order valence-electron chi connectivity index (χ1n) is 5.97. The molecule has 0 radical (unpaired) electrons. The van der Waals surface area contributed by atoms with E-state index in [2.05, 4.69) is 16.0 Å². The molecule has 0 bridgehead atoms. The van der Waals surface area contributed by atoms with Crippen molar-refractivity contribution < 1.29 is 24.2 Å². The van der Waals surface area contributed by atoms with Crippen molar-refractivity contribution in [2.75, 3.05) is 33.4 Å². The van der Waals surface area contributed by atoms with Crippen LogP contribution in [0.3, 0.4) is 0 Å². The van der Waals surface area contributed by atoms with Gasteiger partial charge >= 0.3 is 12.0 Å². The molecule has 19 heavy (non-hydrogen) atoms. The molecule has 0 saturated carbocycles. The molecule has 110 valence electrons. The van der Waals surface area contributed by atoms with Gasteiger partial charge in [-0.25, -0.2) is 4.79 Å². The molecule has 4 N–H and O–H groups in total. The Kier molecular flexibility index (Phi) is 9.15. The van der Waals surface area contributed by atoms with Gasteiger partial charge in [0.05, 0.1) is 12.5 Å². The fraction of sp³-hybridized carbons (Fsp3) is 0.727. The van der Waals surface area contributed by atoms with Gasteiger partial charge < -0.3 is 25.8 Å². The first kappa shape index (κ1) is 17.2. The summed E-state index contributed by atoms with van der Waals surface area (Å²) in [7, 11) is 1.54. The molecule has 0 aliphatic rings. The van der Waals surface area contributed by atoms with Crippen LogP contribution in [0.5, 0.6) is 0 Å². The quantitative estimate of drug-likeness (QED) is 0.409. The number of carbonyl (C=O) groups is 3. The van der Waals surface area contributed by atoms with Crippen molar-refractivity contribution in [3.8, 4) is 0 Å². The van der Waals surface area contributed by atoms with Gasteiger partial charge in [-0.1, -0.05) is 6.92 Å². The lowest BCUT2D eigenvalue weighted by molar-refractivity contribution is -0.140. The van der Waals surface area contributed by atoms with Crippen molar-refractivity contribution in [2.24, 2.45) is 5.92 Å². The van der Waals surface area contributed by atoms with Crippen molar-refractivity contribution >= 4 is 17.9 Å². The van der Waals surface area contributed by atoms with Crippen LogP contribution in [0.2, 0.25) is 0 Å². The van der Waals surface area contributed by atoms with Crippen LogP contribution in [0.25, 0.3) is 0 Å². The topological polar surface area (TPSA) is 117 Å². The first-order chi connectivity index (χ1) is 8.97. The summed E-state index contributed by atoms with van der Waals surface area (Å²) in [5, 5.41) is 16.1. The van der Waals surface area contributed by atoms with Crippen molar-refractivity contribution in [2.45, 2.75) is 13.3 Å². The molecule has 1 unspecified atom stereocenters. The maximum absolute atomic E-state index is 11.2. The normalized spacial score (nSPS) is 11.5. The van der Waals surface area contributed by atoms with E-state index in [0.29, 0.717) is 13.2 Å². The number of nitrogens with one attached hydrogen (secondary N) is 3. The summed E-state index contributed by atoms with van der Waals surface area (Å²) in [6.07, 6.45) is 0.158. The highest BCUT2D eigenvalue weighted by Gasteiger charge is 2.11. The van der Waals surface area contributed by atoms with Gasteiger partial charge in [-0.15, -0.1) is 0 Å². The minimum atomic E-state index is -0.974. The summed E-state index contributed by atoms with van der Waals surface area (Å²) in [5.41, 5.74) is 0. The van der Waals surface area contributed by atoms with Crippen LogP contribution in [-0.2, 0) is 14.3 Å². The van der Waals surface area contributed by atoms with E-state index >= 15 is 0 Å². The van der Waals surface area contributed by atoms with E-state index in [9.17, 15) is 14.4 Å². The minimum Gasteiger partial charge on any atom is -0.481 e. The van der Waals surface area contributed by atoms with Crippen LogP contribution < -0.4 is 16.0 Å². The van der Waals surface area contributed by atoms with Crippen LogP contribution in [0.1, 0.15) is 13.3 Å². The smallest absolute Gasteiger partial charge is 0.314 e. The molecule has 0 saturated heterocycles. The lowest BCUT2D eigenvalue weighted by atomic mass is 10.2. The molecule has 0 spiro atoms. The number of methoxy groups -OCH3 is 1. The van der Waals surface area contributed by atoms with Gasteiger partial charge in [0.1, 0.15) is 0 Å². The molecule has 8 heteroatoms. The average molecular weight is 275 g/mol. The van der Waals surface area contributed by atoms with Gasteiger partial charge in [0.25, 0.3) is 0 Å². The molecule has 8 nitrogen and oxygen atoms in total. The van der Waals surface area contributed by atoms with Gasteiger partial charge in [-0.05, 0) is 0 Å². The Morgan fingerprint density at radius 3 is 2.42 bits per heavy atom. The number of hydrogen-bond donors (Lipinski definition) is 4. The Morgan fingerprint density at radius 1 is 1.16 bits per heavy atom. The van der Waals surface area contributed by atoms with Crippen LogP contribution in [-0.4, -0.2) is 56.4 Å². The monoisotopic (exact) mass is 275 g/mol. The summed E-state index contributed by atoms with van der Waals surface area (Å²) >= 11 is 0. The van der Waals surface area contributed by atoms with Crippen molar-refractivity contribution in [3.05, 3.63) is 0 Å². The summed E-state index contributed by atoms with van der Waals surface area (Å²) < 4.78 is 4.77. The molecule has 0 aromatic rings. The average Bonchev–Trinajstić information content (AvgIpc) is 2.36. The lowest BCUT2D eigenvalue weighted by Gasteiger charge is -2.10. The SMILES string of the molecule is COCCNC(=O)CCNC(=O)NCC(C)C(=O)O. The fourth-order valence-electron chi connectivity index (χ4n) is 1.07. The molecule has 0 aliphatic carbocycles. The molecule has 1 atom stereocenters. The summed E-state index contributed by atoms with van der Waals surface area (Å²) in [4.78, 5) is 33.0. The Bertz CT molecular complexity index is 309. The third kappa shape index (κ3) is 9.83. The summed E-state index contributed by atoms with van der Waals surface area (Å²) in [6.45, 7) is 2.59. The molecule has 0 fully saturated rings. The molecule has 3 amide bonds. The maximum Gasteiger partial charge on any atom is 0.314 e. The lowest BCUT2D eigenvalue weighted by Crippen LogP contribution is -2.40. The van der Waals surface area contributed by atoms with E-state index < -0.39 is 17.9 Å². The molecule has 0 aromatic carbocycles. The number of urea groups is 1. The number of carbonyl (C=O) groups excluding carboxylic acids is 2. The minimum absolute atomic E-state index is 0.0429. The Hall–Kier alpha value is -1.83. The Balaban J connectivity index is 3.57. The Labute approximate surface area is 111 Å². The van der Waals surface area contributed by atoms with E-state index in [-0.39, 0.29) is 25.4 Å².